The molecule has 1 rings (SSSR count). The third-order valence-electron chi connectivity index (χ3n) is 3.25. The van der Waals surface area contributed by atoms with E-state index in [9.17, 15) is 0 Å². The average Bonchev–Trinajstić information content (AvgIpc) is 2.39. The van der Waals surface area contributed by atoms with Gasteiger partial charge in [-0.2, -0.15) is 0 Å². The summed E-state index contributed by atoms with van der Waals surface area (Å²) in [6.07, 6.45) is 0. The van der Waals surface area contributed by atoms with Gasteiger partial charge in [0.15, 0.2) is 5.11 Å². The largest absolute Gasteiger partial charge is 0.361 e. The quantitative estimate of drug-likeness (QED) is 0.783. The van der Waals surface area contributed by atoms with Crippen LogP contribution in [0, 0.1) is 13.8 Å². The van der Waals surface area contributed by atoms with Gasteiger partial charge in [0.2, 0.25) is 0 Å². The minimum absolute atomic E-state index is 0.695. The molecule has 19 heavy (non-hydrogen) atoms. The van der Waals surface area contributed by atoms with Gasteiger partial charge in [-0.25, -0.2) is 0 Å². The molecule has 0 atom stereocenters. The highest BCUT2D eigenvalue weighted by molar-refractivity contribution is 7.80. The van der Waals surface area contributed by atoms with Crippen LogP contribution in [0.1, 0.15) is 25.0 Å². The minimum atomic E-state index is 0.695. The van der Waals surface area contributed by atoms with Gasteiger partial charge in [-0.3, -0.25) is 0 Å². The van der Waals surface area contributed by atoms with Crippen molar-refractivity contribution in [2.24, 2.45) is 0 Å². The number of anilines is 1. The number of hydrogen-bond acceptors (Lipinski definition) is 2. The summed E-state index contributed by atoms with van der Waals surface area (Å²) >= 11 is 5.32. The van der Waals surface area contributed by atoms with E-state index in [0.717, 1.165) is 31.9 Å². The summed E-state index contributed by atoms with van der Waals surface area (Å²) in [7, 11) is 0. The summed E-state index contributed by atoms with van der Waals surface area (Å²) in [4.78, 5) is 2.37. The van der Waals surface area contributed by atoms with Crippen LogP contribution in [0.25, 0.3) is 0 Å². The Morgan fingerprint density at radius 2 is 1.89 bits per heavy atom. The summed E-state index contributed by atoms with van der Waals surface area (Å²) in [6.45, 7) is 12.6. The molecule has 0 saturated carbocycles. The van der Waals surface area contributed by atoms with Crippen LogP contribution in [0.5, 0.6) is 0 Å². The first kappa shape index (κ1) is 15.9. The molecular formula is C15H25N3S. The van der Waals surface area contributed by atoms with E-state index < -0.39 is 0 Å². The number of nitrogens with one attached hydrogen (secondary N) is 2. The molecular weight excluding hydrogens is 254 g/mol. The first-order valence-corrected chi connectivity index (χ1v) is 7.32. The number of likely N-dealkylation sites (N-methyl/N-ethyl adjacent to an activating group) is 1. The summed E-state index contributed by atoms with van der Waals surface area (Å²) in [5.41, 5.74) is 3.53. The Labute approximate surface area is 122 Å². The highest BCUT2D eigenvalue weighted by Gasteiger charge is 2.02. The normalized spacial score (nSPS) is 10.6. The van der Waals surface area contributed by atoms with Crippen molar-refractivity contribution in [3.63, 3.8) is 0 Å². The molecule has 0 bridgehead atoms. The van der Waals surface area contributed by atoms with Crippen molar-refractivity contribution in [3.8, 4) is 0 Å². The second kappa shape index (κ2) is 8.12. The highest BCUT2D eigenvalue weighted by atomic mass is 32.1. The molecule has 0 spiro atoms. The Morgan fingerprint density at radius 3 is 2.53 bits per heavy atom. The molecule has 0 amide bonds. The average molecular weight is 279 g/mol. The first-order valence-electron chi connectivity index (χ1n) is 6.91. The Balaban J connectivity index is 2.41. The minimum Gasteiger partial charge on any atom is -0.361 e. The Hall–Kier alpha value is -1.13. The van der Waals surface area contributed by atoms with Crippen LogP contribution in [0.2, 0.25) is 0 Å². The number of aryl methyl sites for hydroxylation is 2. The van der Waals surface area contributed by atoms with E-state index in [2.05, 4.69) is 61.4 Å². The van der Waals surface area contributed by atoms with Gasteiger partial charge in [0, 0.05) is 18.8 Å². The molecule has 106 valence electrons. The zero-order chi connectivity index (χ0) is 14.3. The van der Waals surface area contributed by atoms with E-state index in [0.29, 0.717) is 5.11 Å². The van der Waals surface area contributed by atoms with Gasteiger partial charge in [-0.1, -0.05) is 26.0 Å². The second-order valence-electron chi connectivity index (χ2n) is 4.73. The highest BCUT2D eigenvalue weighted by Crippen LogP contribution is 2.15. The van der Waals surface area contributed by atoms with E-state index >= 15 is 0 Å². The molecule has 4 heteroatoms. The standard InChI is InChI=1S/C15H25N3S/c1-5-18(6-2)10-9-16-15(19)17-14-11-12(3)7-8-13(14)4/h7-8,11H,5-6,9-10H2,1-4H3,(H2,16,17,19). The molecule has 1 aromatic carbocycles. The fourth-order valence-corrected chi connectivity index (χ4v) is 2.12. The van der Waals surface area contributed by atoms with Crippen molar-refractivity contribution < 1.29 is 0 Å². The molecule has 0 saturated heterocycles. The van der Waals surface area contributed by atoms with E-state index in [1.807, 2.05) is 0 Å². The molecule has 0 aliphatic carbocycles. The van der Waals surface area contributed by atoms with Crippen molar-refractivity contribution in [1.82, 2.24) is 10.2 Å². The van der Waals surface area contributed by atoms with Crippen molar-refractivity contribution in [3.05, 3.63) is 29.3 Å². The predicted octanol–water partition coefficient (Wildman–Crippen LogP) is 2.93. The van der Waals surface area contributed by atoms with Gasteiger partial charge in [-0.15, -0.1) is 0 Å². The van der Waals surface area contributed by atoms with Crippen LogP contribution in [0.4, 0.5) is 5.69 Å². The van der Waals surface area contributed by atoms with Crippen LogP contribution >= 0.6 is 12.2 Å². The Morgan fingerprint density at radius 1 is 1.21 bits per heavy atom. The van der Waals surface area contributed by atoms with E-state index in [4.69, 9.17) is 12.2 Å². The van der Waals surface area contributed by atoms with E-state index in [1.165, 1.54) is 11.1 Å². The molecule has 0 aliphatic rings. The Kier molecular flexibility index (Phi) is 6.81. The number of thiocarbonyl (C=S) groups is 1. The van der Waals surface area contributed by atoms with Crippen molar-refractivity contribution in [2.45, 2.75) is 27.7 Å². The first-order chi connectivity index (χ1) is 9.06. The molecule has 3 nitrogen and oxygen atoms in total. The van der Waals surface area contributed by atoms with Crippen molar-refractivity contribution in [2.75, 3.05) is 31.5 Å². The summed E-state index contributed by atoms with van der Waals surface area (Å²) < 4.78 is 0. The lowest BCUT2D eigenvalue weighted by Crippen LogP contribution is -2.36. The molecule has 0 aromatic heterocycles. The third-order valence-corrected chi connectivity index (χ3v) is 3.50. The maximum Gasteiger partial charge on any atom is 0.170 e. The number of nitrogens with zero attached hydrogens (tertiary/aromatic N) is 1. The monoisotopic (exact) mass is 279 g/mol. The van der Waals surface area contributed by atoms with Gasteiger partial charge >= 0.3 is 0 Å². The lowest BCUT2D eigenvalue weighted by atomic mass is 10.1. The van der Waals surface area contributed by atoms with Crippen LogP contribution in [-0.4, -0.2) is 36.2 Å². The lowest BCUT2D eigenvalue weighted by Gasteiger charge is -2.19. The SMILES string of the molecule is CCN(CC)CCNC(=S)Nc1cc(C)ccc1C. The van der Waals surface area contributed by atoms with Gasteiger partial charge in [0.1, 0.15) is 0 Å². The maximum absolute atomic E-state index is 5.32. The van der Waals surface area contributed by atoms with Gasteiger partial charge in [0.05, 0.1) is 0 Å². The predicted molar refractivity (Wildman–Crippen MR) is 87.9 cm³/mol. The van der Waals surface area contributed by atoms with E-state index in [1.54, 1.807) is 0 Å². The number of hydrogen-bond donors (Lipinski definition) is 2. The zero-order valence-corrected chi connectivity index (χ0v) is 13.2. The number of rotatable bonds is 6. The van der Waals surface area contributed by atoms with Crippen LogP contribution in [0.15, 0.2) is 18.2 Å². The fourth-order valence-electron chi connectivity index (χ4n) is 1.90. The summed E-state index contributed by atoms with van der Waals surface area (Å²) in [5, 5.41) is 7.21. The van der Waals surface area contributed by atoms with Crippen LogP contribution in [0.3, 0.4) is 0 Å². The molecule has 0 heterocycles. The molecule has 0 fully saturated rings. The zero-order valence-electron chi connectivity index (χ0n) is 12.4. The molecule has 0 unspecified atom stereocenters. The fraction of sp³-hybridized carbons (Fsp3) is 0.533. The van der Waals surface area contributed by atoms with E-state index in [-0.39, 0.29) is 0 Å². The maximum atomic E-state index is 5.32. The molecule has 0 aliphatic heterocycles. The Bertz CT molecular complexity index is 414. The molecule has 2 N–H and O–H groups in total. The van der Waals surface area contributed by atoms with Gasteiger partial charge in [0.25, 0.3) is 0 Å². The van der Waals surface area contributed by atoms with Crippen LogP contribution < -0.4 is 10.6 Å². The smallest absolute Gasteiger partial charge is 0.170 e. The lowest BCUT2D eigenvalue weighted by molar-refractivity contribution is 0.308. The third kappa shape index (κ3) is 5.57. The number of benzene rings is 1. The summed E-state index contributed by atoms with van der Waals surface area (Å²) in [5.74, 6) is 0. The van der Waals surface area contributed by atoms with Crippen molar-refractivity contribution >= 4 is 23.0 Å². The summed E-state index contributed by atoms with van der Waals surface area (Å²) in [6, 6.07) is 6.33. The second-order valence-corrected chi connectivity index (χ2v) is 5.13. The molecule has 1 aromatic rings. The van der Waals surface area contributed by atoms with Crippen molar-refractivity contribution in [1.29, 1.82) is 0 Å². The van der Waals surface area contributed by atoms with Gasteiger partial charge in [-0.05, 0) is 56.3 Å². The molecule has 0 radical (unpaired) electrons. The topological polar surface area (TPSA) is 27.3 Å². The van der Waals surface area contributed by atoms with Gasteiger partial charge < -0.3 is 15.5 Å². The van der Waals surface area contributed by atoms with Crippen LogP contribution in [-0.2, 0) is 0 Å².